The Labute approximate surface area is 111 Å². The van der Waals surface area contributed by atoms with Crippen molar-refractivity contribution in [1.82, 2.24) is 10.3 Å². The van der Waals surface area contributed by atoms with Crippen molar-refractivity contribution >= 4 is 28.4 Å². The smallest absolute Gasteiger partial charge is 0.224 e. The summed E-state index contributed by atoms with van der Waals surface area (Å²) in [6, 6.07) is 6.13. The molecule has 3 rings (SSSR count). The van der Waals surface area contributed by atoms with Crippen LogP contribution in [-0.4, -0.2) is 16.9 Å². The summed E-state index contributed by atoms with van der Waals surface area (Å²) in [6.07, 6.45) is 2.65. The molecule has 1 aliphatic carbocycles. The average molecular weight is 263 g/mol. The van der Waals surface area contributed by atoms with Crippen LogP contribution in [0.15, 0.2) is 18.2 Å². The molecule has 1 aromatic carbocycles. The maximum Gasteiger partial charge on any atom is 0.224 e. The van der Waals surface area contributed by atoms with Gasteiger partial charge in [-0.1, -0.05) is 11.6 Å². The lowest BCUT2D eigenvalue weighted by molar-refractivity contribution is -0.120. The molecule has 3 nitrogen and oxygen atoms in total. The summed E-state index contributed by atoms with van der Waals surface area (Å²) in [4.78, 5) is 15.2. The number of hydrogen-bond donors (Lipinski definition) is 2. The van der Waals surface area contributed by atoms with E-state index < -0.39 is 0 Å². The van der Waals surface area contributed by atoms with Crippen LogP contribution in [0.3, 0.4) is 0 Å². The van der Waals surface area contributed by atoms with Crippen LogP contribution >= 0.6 is 11.6 Å². The Morgan fingerprint density at radius 3 is 3.00 bits per heavy atom. The van der Waals surface area contributed by atoms with Crippen molar-refractivity contribution in [2.45, 2.75) is 32.2 Å². The molecule has 2 aromatic rings. The largest absolute Gasteiger partial charge is 0.358 e. The fraction of sp³-hybridized carbons (Fsp3) is 0.357. The molecule has 0 saturated heterocycles. The van der Waals surface area contributed by atoms with Crippen molar-refractivity contribution in [2.75, 3.05) is 0 Å². The molecular weight excluding hydrogens is 248 g/mol. The number of amides is 1. The highest BCUT2D eigenvalue weighted by Gasteiger charge is 2.24. The zero-order valence-electron chi connectivity index (χ0n) is 10.2. The summed E-state index contributed by atoms with van der Waals surface area (Å²) < 4.78 is 0. The van der Waals surface area contributed by atoms with Gasteiger partial charge in [0, 0.05) is 27.7 Å². The Balaban J connectivity index is 1.91. The fourth-order valence-electron chi connectivity index (χ4n) is 2.25. The van der Waals surface area contributed by atoms with Gasteiger partial charge in [0.1, 0.15) is 0 Å². The van der Waals surface area contributed by atoms with Gasteiger partial charge in [-0.2, -0.15) is 0 Å². The van der Waals surface area contributed by atoms with E-state index in [4.69, 9.17) is 11.6 Å². The van der Waals surface area contributed by atoms with Crippen molar-refractivity contribution in [3.8, 4) is 0 Å². The van der Waals surface area contributed by atoms with E-state index in [-0.39, 0.29) is 5.91 Å². The first kappa shape index (κ1) is 11.6. The summed E-state index contributed by atoms with van der Waals surface area (Å²) >= 11 is 6.02. The molecule has 1 aliphatic rings. The third-order valence-corrected chi connectivity index (χ3v) is 3.60. The maximum atomic E-state index is 11.9. The van der Waals surface area contributed by atoms with Crippen LogP contribution in [-0.2, 0) is 11.2 Å². The zero-order valence-corrected chi connectivity index (χ0v) is 11.0. The number of hydrogen-bond acceptors (Lipinski definition) is 1. The third kappa shape index (κ3) is 2.23. The molecule has 0 bridgehead atoms. The Kier molecular flexibility index (Phi) is 2.78. The van der Waals surface area contributed by atoms with E-state index in [0.717, 1.165) is 35.0 Å². The number of rotatable bonds is 3. The van der Waals surface area contributed by atoms with Crippen LogP contribution in [0.4, 0.5) is 0 Å². The fourth-order valence-corrected chi connectivity index (χ4v) is 2.42. The molecule has 2 N–H and O–H groups in total. The van der Waals surface area contributed by atoms with E-state index in [1.165, 1.54) is 0 Å². The van der Waals surface area contributed by atoms with E-state index in [1.807, 2.05) is 25.1 Å². The van der Waals surface area contributed by atoms with Gasteiger partial charge in [0.15, 0.2) is 0 Å². The highest BCUT2D eigenvalue weighted by atomic mass is 35.5. The SMILES string of the molecule is Cc1[nH]c2ccc(Cl)cc2c1CC(=O)NC1CC1. The number of carbonyl (C=O) groups is 1. The molecule has 0 atom stereocenters. The van der Waals surface area contributed by atoms with Crippen LogP contribution < -0.4 is 5.32 Å². The lowest BCUT2D eigenvalue weighted by atomic mass is 10.1. The first-order chi connectivity index (χ1) is 8.63. The molecule has 0 spiro atoms. The minimum atomic E-state index is 0.0986. The monoisotopic (exact) mass is 262 g/mol. The molecule has 94 valence electrons. The topological polar surface area (TPSA) is 44.9 Å². The summed E-state index contributed by atoms with van der Waals surface area (Å²) in [5.74, 6) is 0.0986. The second-order valence-electron chi connectivity index (χ2n) is 4.94. The predicted octanol–water partition coefficient (Wildman–Crippen LogP) is 2.95. The van der Waals surface area contributed by atoms with Crippen molar-refractivity contribution in [3.05, 3.63) is 34.5 Å². The second kappa shape index (κ2) is 4.32. The Morgan fingerprint density at radius 2 is 2.28 bits per heavy atom. The van der Waals surface area contributed by atoms with Gasteiger partial charge in [-0.25, -0.2) is 0 Å². The van der Waals surface area contributed by atoms with Crippen molar-refractivity contribution < 1.29 is 4.79 Å². The van der Waals surface area contributed by atoms with Crippen molar-refractivity contribution in [1.29, 1.82) is 0 Å². The Morgan fingerprint density at radius 1 is 1.50 bits per heavy atom. The van der Waals surface area contributed by atoms with Crippen LogP contribution in [0.2, 0.25) is 5.02 Å². The standard InChI is InChI=1S/C14H15ClN2O/c1-8-11(7-14(18)17-10-3-4-10)12-6-9(15)2-5-13(12)16-8/h2,5-6,10,16H,3-4,7H2,1H3,(H,17,18). The maximum absolute atomic E-state index is 11.9. The molecule has 4 heteroatoms. The number of H-pyrrole nitrogens is 1. The molecule has 0 aliphatic heterocycles. The van der Waals surface area contributed by atoms with E-state index in [1.54, 1.807) is 0 Å². The Bertz CT molecular complexity index is 614. The lowest BCUT2D eigenvalue weighted by Gasteiger charge is -2.03. The summed E-state index contributed by atoms with van der Waals surface area (Å²) in [5, 5.41) is 4.76. The van der Waals surface area contributed by atoms with Crippen LogP contribution in [0.5, 0.6) is 0 Å². The van der Waals surface area contributed by atoms with Crippen molar-refractivity contribution in [3.63, 3.8) is 0 Å². The first-order valence-corrected chi connectivity index (χ1v) is 6.57. The predicted molar refractivity (Wildman–Crippen MR) is 72.9 cm³/mol. The molecule has 18 heavy (non-hydrogen) atoms. The molecule has 1 heterocycles. The van der Waals surface area contributed by atoms with Gasteiger partial charge in [0.05, 0.1) is 6.42 Å². The number of aromatic nitrogens is 1. The van der Waals surface area contributed by atoms with Gasteiger partial charge < -0.3 is 10.3 Å². The molecule has 1 fully saturated rings. The van der Waals surface area contributed by atoms with Gasteiger partial charge in [-0.3, -0.25) is 4.79 Å². The van der Waals surface area contributed by atoms with Crippen LogP contribution in [0.1, 0.15) is 24.1 Å². The van der Waals surface area contributed by atoms with Gasteiger partial charge in [-0.15, -0.1) is 0 Å². The minimum Gasteiger partial charge on any atom is -0.358 e. The van der Waals surface area contributed by atoms with Crippen LogP contribution in [0.25, 0.3) is 10.9 Å². The van der Waals surface area contributed by atoms with Crippen molar-refractivity contribution in [2.24, 2.45) is 0 Å². The van der Waals surface area contributed by atoms with Gasteiger partial charge >= 0.3 is 0 Å². The molecular formula is C14H15ClN2O. The molecule has 0 radical (unpaired) electrons. The Hall–Kier alpha value is -1.48. The quantitative estimate of drug-likeness (QED) is 0.878. The number of aromatic amines is 1. The van der Waals surface area contributed by atoms with Gasteiger partial charge in [0.25, 0.3) is 0 Å². The number of halogens is 1. The van der Waals surface area contributed by atoms with E-state index >= 15 is 0 Å². The zero-order chi connectivity index (χ0) is 12.7. The highest BCUT2D eigenvalue weighted by molar-refractivity contribution is 6.31. The third-order valence-electron chi connectivity index (χ3n) is 3.36. The van der Waals surface area contributed by atoms with Gasteiger partial charge in [-0.05, 0) is 43.5 Å². The molecule has 0 unspecified atom stereocenters. The summed E-state index contributed by atoms with van der Waals surface area (Å²) in [5.41, 5.74) is 3.12. The number of aryl methyl sites for hydroxylation is 1. The van der Waals surface area contributed by atoms with E-state index in [9.17, 15) is 4.79 Å². The number of fused-ring (bicyclic) bond motifs is 1. The minimum absolute atomic E-state index is 0.0986. The normalized spacial score (nSPS) is 15.0. The number of benzene rings is 1. The average Bonchev–Trinajstić information content (AvgIpc) is 3.07. The highest BCUT2D eigenvalue weighted by Crippen LogP contribution is 2.26. The van der Waals surface area contributed by atoms with E-state index in [2.05, 4.69) is 10.3 Å². The van der Waals surface area contributed by atoms with E-state index in [0.29, 0.717) is 17.5 Å². The molecule has 1 saturated carbocycles. The summed E-state index contributed by atoms with van der Waals surface area (Å²) in [6.45, 7) is 1.99. The number of nitrogens with one attached hydrogen (secondary N) is 2. The molecule has 1 amide bonds. The van der Waals surface area contributed by atoms with Gasteiger partial charge in [0.2, 0.25) is 5.91 Å². The van der Waals surface area contributed by atoms with Crippen LogP contribution in [0, 0.1) is 6.92 Å². The summed E-state index contributed by atoms with van der Waals surface area (Å²) in [7, 11) is 0. The first-order valence-electron chi connectivity index (χ1n) is 6.19. The number of carbonyl (C=O) groups excluding carboxylic acids is 1. The second-order valence-corrected chi connectivity index (χ2v) is 5.37. The molecule has 1 aromatic heterocycles. The lowest BCUT2D eigenvalue weighted by Crippen LogP contribution is -2.27.